The van der Waals surface area contributed by atoms with Gasteiger partial charge >= 0.3 is 10.1 Å². The first kappa shape index (κ1) is 21.9. The van der Waals surface area contributed by atoms with E-state index in [4.69, 9.17) is 3.63 Å². The quantitative estimate of drug-likeness (QED) is 0.473. The highest BCUT2D eigenvalue weighted by molar-refractivity contribution is 8.34. The first-order valence-electron chi connectivity index (χ1n) is 11.4. The lowest BCUT2D eigenvalue weighted by atomic mass is 10.00. The maximum atomic E-state index is 13.6. The van der Waals surface area contributed by atoms with E-state index in [2.05, 4.69) is 12.1 Å². The van der Waals surface area contributed by atoms with E-state index in [1.807, 2.05) is 37.3 Å². The Morgan fingerprint density at radius 1 is 0.667 bits per heavy atom. The van der Waals surface area contributed by atoms with E-state index in [9.17, 15) is 8.42 Å². The highest BCUT2D eigenvalue weighted by Gasteiger charge is 2.47. The molecule has 0 heterocycles. The van der Waals surface area contributed by atoms with Gasteiger partial charge in [-0.3, -0.25) is 0 Å². The van der Waals surface area contributed by atoms with Crippen LogP contribution in [-0.2, 0) is 13.7 Å². The second-order valence-corrected chi connectivity index (χ2v) is 13.8. The van der Waals surface area contributed by atoms with Gasteiger partial charge in [-0.25, -0.2) is 3.63 Å². The summed E-state index contributed by atoms with van der Waals surface area (Å²) in [6.45, 7) is 1.97. The van der Waals surface area contributed by atoms with Gasteiger partial charge in [0.05, 0.1) is 4.90 Å². The zero-order chi connectivity index (χ0) is 21.0. The van der Waals surface area contributed by atoms with Crippen molar-refractivity contribution in [3.8, 4) is 0 Å². The molecule has 30 heavy (non-hydrogen) atoms. The first-order valence-corrected chi connectivity index (χ1v) is 14.5. The van der Waals surface area contributed by atoms with Gasteiger partial charge < -0.3 is 0 Å². The molecule has 5 heteroatoms. The molecule has 0 radical (unpaired) electrons. The molecule has 0 saturated heterocycles. The Hall–Kier alpha value is -1.30. The van der Waals surface area contributed by atoms with Crippen molar-refractivity contribution in [2.24, 2.45) is 0 Å². The minimum absolute atomic E-state index is 0.285. The van der Waals surface area contributed by atoms with Crippen LogP contribution in [0.2, 0.25) is 0 Å². The number of benzene rings is 2. The topological polar surface area (TPSA) is 43.4 Å². The minimum Gasteiger partial charge on any atom is -0.211 e. The second-order valence-electron chi connectivity index (χ2n) is 8.82. The van der Waals surface area contributed by atoms with E-state index in [0.29, 0.717) is 10.5 Å². The summed E-state index contributed by atoms with van der Waals surface area (Å²) >= 11 is 0. The Morgan fingerprint density at radius 3 is 1.67 bits per heavy atom. The van der Waals surface area contributed by atoms with Crippen molar-refractivity contribution >= 4 is 20.4 Å². The van der Waals surface area contributed by atoms with Crippen molar-refractivity contribution in [3.63, 3.8) is 0 Å². The average Bonchev–Trinajstić information content (AvgIpc) is 2.79. The molecule has 2 aromatic carbocycles. The molecule has 3 nitrogen and oxygen atoms in total. The van der Waals surface area contributed by atoms with E-state index in [0.717, 1.165) is 36.1 Å². The van der Waals surface area contributed by atoms with E-state index in [1.54, 1.807) is 12.1 Å². The summed E-state index contributed by atoms with van der Waals surface area (Å²) in [5.74, 6) is 0. The number of rotatable bonds is 6. The third-order valence-corrected chi connectivity index (χ3v) is 13.1. The van der Waals surface area contributed by atoms with Crippen LogP contribution in [0.25, 0.3) is 0 Å². The molecule has 0 bridgehead atoms. The van der Waals surface area contributed by atoms with Crippen molar-refractivity contribution < 1.29 is 12.0 Å². The zero-order valence-corrected chi connectivity index (χ0v) is 19.6. The van der Waals surface area contributed by atoms with Crippen LogP contribution in [0.3, 0.4) is 0 Å². The van der Waals surface area contributed by atoms with Gasteiger partial charge in [-0.2, -0.15) is 8.42 Å². The van der Waals surface area contributed by atoms with Gasteiger partial charge in [-0.1, -0.05) is 84.7 Å². The number of aryl methyl sites for hydroxylation is 1. The fraction of sp³-hybridized carbons (Fsp3) is 0.520. The van der Waals surface area contributed by atoms with E-state index in [1.165, 1.54) is 38.5 Å². The molecule has 4 rings (SSSR count). The molecule has 164 valence electrons. The summed E-state index contributed by atoms with van der Waals surface area (Å²) < 4.78 is 33.8. The van der Waals surface area contributed by atoms with Crippen molar-refractivity contribution in [2.75, 3.05) is 0 Å². The molecule has 2 saturated carbocycles. The highest BCUT2D eigenvalue weighted by Crippen LogP contribution is 2.70. The van der Waals surface area contributed by atoms with Crippen LogP contribution in [0.1, 0.15) is 69.8 Å². The van der Waals surface area contributed by atoms with Crippen LogP contribution >= 0.6 is 10.3 Å². The van der Waals surface area contributed by atoms with E-state index < -0.39 is 20.4 Å². The third-order valence-electron chi connectivity index (χ3n) is 6.72. The highest BCUT2D eigenvalue weighted by atomic mass is 32.3. The molecule has 0 aliphatic heterocycles. The summed E-state index contributed by atoms with van der Waals surface area (Å²) in [7, 11) is -5.83. The largest absolute Gasteiger partial charge is 0.306 e. The Bertz CT molecular complexity index is 893. The van der Waals surface area contributed by atoms with Gasteiger partial charge in [-0.15, -0.1) is 0 Å². The predicted molar refractivity (Wildman–Crippen MR) is 125 cm³/mol. The summed E-state index contributed by atoms with van der Waals surface area (Å²) in [5, 5.41) is 0.633. The fourth-order valence-corrected chi connectivity index (χ4v) is 12.3. The first-order chi connectivity index (χ1) is 14.5. The Balaban J connectivity index is 1.83. The molecular weight excluding hydrogens is 412 g/mol. The van der Waals surface area contributed by atoms with Crippen LogP contribution in [0.5, 0.6) is 0 Å². The normalized spacial score (nSPS) is 20.2. The van der Waals surface area contributed by atoms with Gasteiger partial charge in [0.1, 0.15) is 0 Å². The zero-order valence-electron chi connectivity index (χ0n) is 18.0. The molecule has 2 aliphatic carbocycles. The van der Waals surface area contributed by atoms with Crippen molar-refractivity contribution in [2.45, 2.75) is 91.4 Å². The Kier molecular flexibility index (Phi) is 6.91. The van der Waals surface area contributed by atoms with Gasteiger partial charge in [0, 0.05) is 15.4 Å². The Morgan fingerprint density at radius 2 is 1.17 bits per heavy atom. The van der Waals surface area contributed by atoms with Gasteiger partial charge in [0.25, 0.3) is 0 Å². The molecule has 0 N–H and O–H groups in total. The number of hydrogen-bond donors (Lipinski definition) is 0. The summed E-state index contributed by atoms with van der Waals surface area (Å²) in [6.07, 6.45) is 11.5. The standard InChI is InChI=1S/C25H34O3S2/c1-21-17-19-25(20-18-21)30(26,27)28-29(22-11-5-2-6-12-22,23-13-7-3-8-14-23)24-15-9-4-10-16-24/h2,5-6,11-12,17-20,23-24H,3-4,7-10,13-16H2,1H3. The monoisotopic (exact) mass is 446 g/mol. The summed E-state index contributed by atoms with van der Waals surface area (Å²) in [4.78, 5) is 1.41. The SMILES string of the molecule is Cc1ccc(S(=O)(=O)OS(c2ccccc2)(C2CCCCC2)C2CCCCC2)cc1. The van der Waals surface area contributed by atoms with Crippen LogP contribution in [0.15, 0.2) is 64.4 Å². The van der Waals surface area contributed by atoms with Crippen LogP contribution in [0, 0.1) is 6.92 Å². The molecule has 2 aromatic rings. The molecule has 2 aliphatic rings. The maximum Gasteiger partial charge on any atom is 0.306 e. The van der Waals surface area contributed by atoms with Gasteiger partial charge in [0.2, 0.25) is 0 Å². The maximum absolute atomic E-state index is 13.6. The van der Waals surface area contributed by atoms with Crippen molar-refractivity contribution in [1.82, 2.24) is 0 Å². The van der Waals surface area contributed by atoms with Crippen molar-refractivity contribution in [3.05, 3.63) is 60.2 Å². The summed E-state index contributed by atoms with van der Waals surface area (Å²) in [5.41, 5.74) is 1.05. The molecule has 0 atom stereocenters. The van der Waals surface area contributed by atoms with Crippen LogP contribution < -0.4 is 0 Å². The summed E-state index contributed by atoms with van der Waals surface area (Å²) in [6, 6.07) is 17.5. The molecular formula is C25H34O3S2. The minimum atomic E-state index is -3.84. The fourth-order valence-electron chi connectivity index (χ4n) is 5.16. The van der Waals surface area contributed by atoms with Crippen LogP contribution in [-0.4, -0.2) is 18.9 Å². The second kappa shape index (κ2) is 9.46. The molecule has 2 fully saturated rings. The van der Waals surface area contributed by atoms with Crippen LogP contribution in [0.4, 0.5) is 0 Å². The van der Waals surface area contributed by atoms with E-state index in [-0.39, 0.29) is 4.90 Å². The van der Waals surface area contributed by atoms with Gasteiger partial charge in [-0.05, 0) is 56.9 Å². The van der Waals surface area contributed by atoms with E-state index >= 15 is 0 Å². The van der Waals surface area contributed by atoms with Crippen molar-refractivity contribution in [1.29, 1.82) is 0 Å². The lowest BCUT2D eigenvalue weighted by molar-refractivity contribution is 0.443. The Labute approximate surface area is 183 Å². The smallest absolute Gasteiger partial charge is 0.211 e. The molecule has 0 aromatic heterocycles. The lowest BCUT2D eigenvalue weighted by Gasteiger charge is -2.52. The third kappa shape index (κ3) is 4.49. The van der Waals surface area contributed by atoms with Gasteiger partial charge in [0.15, 0.2) is 0 Å². The molecule has 0 amide bonds. The predicted octanol–water partition coefficient (Wildman–Crippen LogP) is 7.14. The molecule has 0 spiro atoms. The number of hydrogen-bond acceptors (Lipinski definition) is 3. The lowest BCUT2D eigenvalue weighted by Crippen LogP contribution is -2.35. The molecule has 0 unspecified atom stereocenters. The average molecular weight is 447 g/mol.